The van der Waals surface area contributed by atoms with Crippen LogP contribution in [0.5, 0.6) is 11.5 Å². The molecule has 2 heterocycles. The summed E-state index contributed by atoms with van der Waals surface area (Å²) >= 11 is 3.48. The van der Waals surface area contributed by atoms with E-state index >= 15 is 0 Å². The molecule has 1 aliphatic rings. The van der Waals surface area contributed by atoms with Gasteiger partial charge in [-0.05, 0) is 48.4 Å². The summed E-state index contributed by atoms with van der Waals surface area (Å²) in [6, 6.07) is 20.2. The lowest BCUT2D eigenvalue weighted by atomic mass is 9.96. The van der Waals surface area contributed by atoms with Crippen LogP contribution in [0.3, 0.4) is 0 Å². The lowest BCUT2D eigenvalue weighted by Gasteiger charge is -2.17. The first-order valence-electron chi connectivity index (χ1n) is 11.0. The maximum Gasteiger partial charge on any atom is 0.312 e. The number of carbonyl (C=O) groups excluding carboxylic acids is 1. The molecule has 0 saturated carbocycles. The number of pyridine rings is 1. The Morgan fingerprint density at radius 3 is 2.60 bits per heavy atom. The van der Waals surface area contributed by atoms with Gasteiger partial charge in [0.25, 0.3) is 5.91 Å². The number of hydrogen-bond donors (Lipinski definition) is 2. The van der Waals surface area contributed by atoms with Crippen molar-refractivity contribution in [3.63, 3.8) is 0 Å². The fourth-order valence-corrected chi connectivity index (χ4v) is 4.62. The van der Waals surface area contributed by atoms with Crippen molar-refractivity contribution in [2.75, 3.05) is 13.3 Å². The average molecular weight is 533 g/mol. The SMILES string of the molecule is Cc1c(-c2ccccc2)nc2ccc(Br)cc2c1C(=O)NC[C@H](C(=O)O)c1ccc2c(c1)OCO2. The highest BCUT2D eigenvalue weighted by Crippen LogP contribution is 2.35. The topological polar surface area (TPSA) is 97.8 Å². The van der Waals surface area contributed by atoms with Crippen LogP contribution in [0.1, 0.15) is 27.4 Å². The van der Waals surface area contributed by atoms with Crippen LogP contribution in [0.25, 0.3) is 22.2 Å². The van der Waals surface area contributed by atoms with Gasteiger partial charge in [0.1, 0.15) is 0 Å². The molecule has 5 rings (SSSR count). The zero-order chi connectivity index (χ0) is 24.5. The maximum absolute atomic E-state index is 13.5. The fourth-order valence-electron chi connectivity index (χ4n) is 4.26. The molecule has 0 fully saturated rings. The van der Waals surface area contributed by atoms with Gasteiger partial charge >= 0.3 is 5.97 Å². The third-order valence-electron chi connectivity index (χ3n) is 6.03. The Morgan fingerprint density at radius 1 is 1.06 bits per heavy atom. The van der Waals surface area contributed by atoms with E-state index in [-0.39, 0.29) is 19.2 Å². The molecule has 0 unspecified atom stereocenters. The van der Waals surface area contributed by atoms with E-state index in [1.54, 1.807) is 18.2 Å². The third-order valence-corrected chi connectivity index (χ3v) is 6.52. The van der Waals surface area contributed by atoms with Crippen molar-refractivity contribution in [2.45, 2.75) is 12.8 Å². The molecule has 0 bridgehead atoms. The Hall–Kier alpha value is -3.91. The van der Waals surface area contributed by atoms with E-state index in [9.17, 15) is 14.7 Å². The number of benzene rings is 3. The normalized spacial score (nSPS) is 13.0. The molecule has 3 aromatic carbocycles. The number of amides is 1. The number of carboxylic acids is 1. The molecule has 2 N–H and O–H groups in total. The van der Waals surface area contributed by atoms with Gasteiger partial charge in [-0.3, -0.25) is 9.59 Å². The number of carboxylic acid groups (broad SMARTS) is 1. The Morgan fingerprint density at radius 2 is 1.83 bits per heavy atom. The summed E-state index contributed by atoms with van der Waals surface area (Å²) in [6.07, 6.45) is 0. The standard InChI is InChI=1S/C27H21BrN2O5/c1-15-24(19-12-18(28)8-9-21(19)30-25(15)16-5-3-2-4-6-16)26(31)29-13-20(27(32)33)17-7-10-22-23(11-17)35-14-34-22/h2-12,20H,13-14H2,1H3,(H,29,31)(H,32,33)/t20-/m0/s1. The van der Waals surface area contributed by atoms with Crippen molar-refractivity contribution in [2.24, 2.45) is 0 Å². The highest BCUT2D eigenvalue weighted by atomic mass is 79.9. The van der Waals surface area contributed by atoms with E-state index in [0.717, 1.165) is 10.0 Å². The Balaban J connectivity index is 1.50. The van der Waals surface area contributed by atoms with E-state index < -0.39 is 11.9 Å². The van der Waals surface area contributed by atoms with E-state index in [1.165, 1.54) is 0 Å². The van der Waals surface area contributed by atoms with Gasteiger partial charge in [-0.1, -0.05) is 52.3 Å². The van der Waals surface area contributed by atoms with Crippen LogP contribution in [0.2, 0.25) is 0 Å². The molecule has 1 aromatic heterocycles. The monoisotopic (exact) mass is 532 g/mol. The smallest absolute Gasteiger partial charge is 0.312 e. The first-order chi connectivity index (χ1) is 16.9. The minimum Gasteiger partial charge on any atom is -0.481 e. The number of halogens is 1. The van der Waals surface area contributed by atoms with Crippen LogP contribution in [-0.2, 0) is 4.79 Å². The van der Waals surface area contributed by atoms with Crippen molar-refractivity contribution < 1.29 is 24.2 Å². The lowest BCUT2D eigenvalue weighted by molar-refractivity contribution is -0.138. The van der Waals surface area contributed by atoms with Crippen molar-refractivity contribution in [1.82, 2.24) is 10.3 Å². The fraction of sp³-hybridized carbons (Fsp3) is 0.148. The van der Waals surface area contributed by atoms with Gasteiger partial charge in [0.2, 0.25) is 6.79 Å². The minimum absolute atomic E-state index is 0.0915. The van der Waals surface area contributed by atoms with Crippen LogP contribution in [0.15, 0.2) is 71.2 Å². The van der Waals surface area contributed by atoms with Gasteiger partial charge in [-0.15, -0.1) is 0 Å². The number of ether oxygens (including phenoxy) is 2. The molecule has 1 amide bonds. The molecule has 35 heavy (non-hydrogen) atoms. The van der Waals surface area contributed by atoms with E-state index in [4.69, 9.17) is 14.5 Å². The molecule has 0 spiro atoms. The van der Waals surface area contributed by atoms with Crippen molar-refractivity contribution >= 4 is 38.7 Å². The second kappa shape index (κ2) is 9.38. The number of fused-ring (bicyclic) bond motifs is 2. The molecule has 0 aliphatic carbocycles. The summed E-state index contributed by atoms with van der Waals surface area (Å²) in [6.45, 7) is 1.86. The zero-order valence-corrected chi connectivity index (χ0v) is 20.3. The van der Waals surface area contributed by atoms with Gasteiger partial charge in [0, 0.05) is 22.0 Å². The molecule has 0 radical (unpaired) electrons. The third kappa shape index (κ3) is 4.44. The number of aliphatic carboxylic acids is 1. The zero-order valence-electron chi connectivity index (χ0n) is 18.7. The second-order valence-electron chi connectivity index (χ2n) is 8.20. The van der Waals surface area contributed by atoms with Crippen LogP contribution in [0, 0.1) is 6.92 Å². The highest BCUT2D eigenvalue weighted by molar-refractivity contribution is 9.10. The molecule has 0 saturated heterocycles. The van der Waals surface area contributed by atoms with E-state index in [1.807, 2.05) is 55.5 Å². The minimum atomic E-state index is -1.05. The van der Waals surface area contributed by atoms with E-state index in [0.29, 0.717) is 44.8 Å². The summed E-state index contributed by atoms with van der Waals surface area (Å²) in [5.41, 5.74) is 3.97. The summed E-state index contributed by atoms with van der Waals surface area (Å²) in [5.74, 6) is -1.30. The summed E-state index contributed by atoms with van der Waals surface area (Å²) < 4.78 is 11.5. The van der Waals surface area contributed by atoms with Crippen LogP contribution in [0.4, 0.5) is 0 Å². The highest BCUT2D eigenvalue weighted by Gasteiger charge is 2.26. The molecule has 7 nitrogen and oxygen atoms in total. The molecule has 8 heteroatoms. The first-order valence-corrected chi connectivity index (χ1v) is 11.8. The first kappa shape index (κ1) is 22.9. The maximum atomic E-state index is 13.5. The number of aromatic nitrogens is 1. The van der Waals surface area contributed by atoms with Crippen LogP contribution >= 0.6 is 15.9 Å². The predicted molar refractivity (Wildman–Crippen MR) is 135 cm³/mol. The van der Waals surface area contributed by atoms with Crippen molar-refractivity contribution in [1.29, 1.82) is 0 Å². The number of nitrogens with one attached hydrogen (secondary N) is 1. The largest absolute Gasteiger partial charge is 0.481 e. The second-order valence-corrected chi connectivity index (χ2v) is 9.12. The van der Waals surface area contributed by atoms with Crippen molar-refractivity contribution in [3.05, 3.63) is 87.9 Å². The van der Waals surface area contributed by atoms with Crippen molar-refractivity contribution in [3.8, 4) is 22.8 Å². The summed E-state index contributed by atoms with van der Waals surface area (Å²) in [4.78, 5) is 30.4. The van der Waals surface area contributed by atoms with Gasteiger partial charge in [0.05, 0.1) is 22.7 Å². The summed E-state index contributed by atoms with van der Waals surface area (Å²) in [5, 5.41) is 13.4. The number of carbonyl (C=O) groups is 2. The average Bonchev–Trinajstić information content (AvgIpc) is 3.32. The predicted octanol–water partition coefficient (Wildman–Crippen LogP) is 5.30. The quantitative estimate of drug-likeness (QED) is 0.349. The lowest BCUT2D eigenvalue weighted by Crippen LogP contribution is -2.32. The number of hydrogen-bond acceptors (Lipinski definition) is 5. The van der Waals surface area contributed by atoms with E-state index in [2.05, 4.69) is 21.2 Å². The van der Waals surface area contributed by atoms with Crippen LogP contribution in [-0.4, -0.2) is 35.3 Å². The van der Waals surface area contributed by atoms with Gasteiger partial charge in [0.15, 0.2) is 11.5 Å². The Kier molecular flexibility index (Phi) is 6.13. The van der Waals surface area contributed by atoms with Gasteiger partial charge in [-0.25, -0.2) is 4.98 Å². The number of nitrogens with zero attached hydrogens (tertiary/aromatic N) is 1. The van der Waals surface area contributed by atoms with Gasteiger partial charge in [-0.2, -0.15) is 0 Å². The Bertz CT molecular complexity index is 1460. The van der Waals surface area contributed by atoms with Crippen LogP contribution < -0.4 is 14.8 Å². The molecule has 1 atom stereocenters. The Labute approximate surface area is 209 Å². The molecule has 1 aliphatic heterocycles. The molecular weight excluding hydrogens is 512 g/mol. The molecule has 176 valence electrons. The molecule has 4 aromatic rings. The molecular formula is C27H21BrN2O5. The summed E-state index contributed by atoms with van der Waals surface area (Å²) in [7, 11) is 0. The van der Waals surface area contributed by atoms with Gasteiger partial charge < -0.3 is 19.9 Å². The number of rotatable bonds is 6.